The number of nitrogens with zero attached hydrogens (tertiary/aromatic N) is 4. The number of rotatable bonds is 6. The van der Waals surface area contributed by atoms with E-state index in [0.717, 1.165) is 39.1 Å². The zero-order valence-electron chi connectivity index (χ0n) is 13.4. The molecule has 0 aliphatic carbocycles. The van der Waals surface area contributed by atoms with Crippen LogP contribution in [-0.2, 0) is 19.6 Å². The fourth-order valence-corrected chi connectivity index (χ4v) is 3.85. The fourth-order valence-electron chi connectivity index (χ4n) is 3.10. The minimum absolute atomic E-state index is 0.986. The Kier molecular flexibility index (Phi) is 5.64. The standard InChI is InChI=1S/C17H26N4S/c1-2-7-21-10-6-18-17(21)15-20-9-4-8-19(11-12-20)14-16-5-3-13-22-16/h3,5-6,10,13H,2,4,7-9,11-12,14-15H2,1H3. The first-order valence-electron chi connectivity index (χ1n) is 8.32. The Hall–Kier alpha value is -1.17. The van der Waals surface area contributed by atoms with Crippen molar-refractivity contribution in [2.45, 2.75) is 39.4 Å². The molecule has 2 aromatic heterocycles. The van der Waals surface area contributed by atoms with E-state index >= 15 is 0 Å². The lowest BCUT2D eigenvalue weighted by atomic mass is 10.3. The summed E-state index contributed by atoms with van der Waals surface area (Å²) in [5.74, 6) is 1.22. The van der Waals surface area contributed by atoms with E-state index in [2.05, 4.69) is 50.0 Å². The van der Waals surface area contributed by atoms with Crippen molar-refractivity contribution in [3.8, 4) is 0 Å². The second kappa shape index (κ2) is 7.90. The zero-order chi connectivity index (χ0) is 15.2. The monoisotopic (exact) mass is 318 g/mol. The predicted molar refractivity (Wildman–Crippen MR) is 92.0 cm³/mol. The average Bonchev–Trinajstić information content (AvgIpc) is 3.11. The lowest BCUT2D eigenvalue weighted by molar-refractivity contribution is 0.242. The van der Waals surface area contributed by atoms with Gasteiger partial charge in [-0.25, -0.2) is 4.98 Å². The van der Waals surface area contributed by atoms with Crippen LogP contribution in [0.15, 0.2) is 29.9 Å². The van der Waals surface area contributed by atoms with Gasteiger partial charge in [-0.05, 0) is 37.4 Å². The molecular weight excluding hydrogens is 292 g/mol. The van der Waals surface area contributed by atoms with E-state index in [1.165, 1.54) is 30.2 Å². The maximum atomic E-state index is 4.55. The molecule has 0 saturated carbocycles. The zero-order valence-corrected chi connectivity index (χ0v) is 14.3. The first kappa shape index (κ1) is 15.7. The molecule has 120 valence electrons. The molecule has 0 atom stereocenters. The Balaban J connectivity index is 1.52. The number of thiophene rings is 1. The molecular formula is C17H26N4S. The Bertz CT molecular complexity index is 549. The second-order valence-corrected chi connectivity index (χ2v) is 7.05. The summed E-state index contributed by atoms with van der Waals surface area (Å²) >= 11 is 1.87. The summed E-state index contributed by atoms with van der Waals surface area (Å²) in [5, 5.41) is 2.17. The van der Waals surface area contributed by atoms with Gasteiger partial charge in [0.05, 0.1) is 6.54 Å². The molecule has 0 unspecified atom stereocenters. The molecule has 0 spiro atoms. The molecule has 22 heavy (non-hydrogen) atoms. The van der Waals surface area contributed by atoms with Crippen LogP contribution in [0.1, 0.15) is 30.5 Å². The van der Waals surface area contributed by atoms with E-state index in [1.807, 2.05) is 17.5 Å². The largest absolute Gasteiger partial charge is 0.334 e. The number of aryl methyl sites for hydroxylation is 1. The molecule has 3 rings (SSSR count). The highest BCUT2D eigenvalue weighted by Crippen LogP contribution is 2.14. The molecule has 1 saturated heterocycles. The van der Waals surface area contributed by atoms with Gasteiger partial charge < -0.3 is 4.57 Å². The summed E-state index contributed by atoms with van der Waals surface area (Å²) < 4.78 is 2.30. The maximum absolute atomic E-state index is 4.55. The number of hydrogen-bond donors (Lipinski definition) is 0. The smallest absolute Gasteiger partial charge is 0.122 e. The van der Waals surface area contributed by atoms with Gasteiger partial charge in [-0.1, -0.05) is 13.0 Å². The van der Waals surface area contributed by atoms with Crippen molar-refractivity contribution in [1.82, 2.24) is 19.4 Å². The molecule has 5 heteroatoms. The van der Waals surface area contributed by atoms with E-state index in [0.29, 0.717) is 0 Å². The van der Waals surface area contributed by atoms with Crippen LogP contribution < -0.4 is 0 Å². The topological polar surface area (TPSA) is 24.3 Å². The van der Waals surface area contributed by atoms with Gasteiger partial charge in [-0.15, -0.1) is 11.3 Å². The highest BCUT2D eigenvalue weighted by molar-refractivity contribution is 7.09. The van der Waals surface area contributed by atoms with Gasteiger partial charge in [0, 0.05) is 43.4 Å². The van der Waals surface area contributed by atoms with Crippen LogP contribution in [0.2, 0.25) is 0 Å². The molecule has 0 radical (unpaired) electrons. The van der Waals surface area contributed by atoms with Gasteiger partial charge in [-0.2, -0.15) is 0 Å². The van der Waals surface area contributed by atoms with Crippen molar-refractivity contribution < 1.29 is 0 Å². The molecule has 4 nitrogen and oxygen atoms in total. The molecule has 0 amide bonds. The summed E-state index contributed by atoms with van der Waals surface area (Å²) in [6, 6.07) is 4.40. The number of imidazole rings is 1. The van der Waals surface area contributed by atoms with Crippen LogP contribution >= 0.6 is 11.3 Å². The van der Waals surface area contributed by atoms with Crippen LogP contribution in [0.3, 0.4) is 0 Å². The first-order valence-corrected chi connectivity index (χ1v) is 9.20. The molecule has 3 heterocycles. The molecule has 1 fully saturated rings. The van der Waals surface area contributed by atoms with E-state index in [9.17, 15) is 0 Å². The Morgan fingerprint density at radius 2 is 1.95 bits per heavy atom. The summed E-state index contributed by atoms with van der Waals surface area (Å²) in [6.45, 7) is 10.1. The first-order chi connectivity index (χ1) is 10.8. The van der Waals surface area contributed by atoms with Crippen LogP contribution in [0.4, 0.5) is 0 Å². The Morgan fingerprint density at radius 3 is 2.68 bits per heavy atom. The van der Waals surface area contributed by atoms with E-state index in [1.54, 1.807) is 0 Å². The molecule has 1 aliphatic heterocycles. The van der Waals surface area contributed by atoms with Gasteiger partial charge >= 0.3 is 0 Å². The molecule has 1 aliphatic rings. The van der Waals surface area contributed by atoms with Gasteiger partial charge in [0.2, 0.25) is 0 Å². The fraction of sp³-hybridized carbons (Fsp3) is 0.588. The average molecular weight is 318 g/mol. The lowest BCUT2D eigenvalue weighted by Crippen LogP contribution is -2.31. The third kappa shape index (κ3) is 4.18. The predicted octanol–water partition coefficient (Wildman–Crippen LogP) is 3.06. The van der Waals surface area contributed by atoms with Gasteiger partial charge in [0.15, 0.2) is 0 Å². The molecule has 0 N–H and O–H groups in total. The number of hydrogen-bond acceptors (Lipinski definition) is 4. The highest BCUT2D eigenvalue weighted by Gasteiger charge is 2.17. The van der Waals surface area contributed by atoms with E-state index in [4.69, 9.17) is 0 Å². The molecule has 0 aromatic carbocycles. The minimum atomic E-state index is 0.986. The third-order valence-electron chi connectivity index (χ3n) is 4.27. The van der Waals surface area contributed by atoms with E-state index < -0.39 is 0 Å². The van der Waals surface area contributed by atoms with Crippen molar-refractivity contribution in [2.75, 3.05) is 26.2 Å². The lowest BCUT2D eigenvalue weighted by Gasteiger charge is -2.21. The van der Waals surface area contributed by atoms with Gasteiger partial charge in [0.25, 0.3) is 0 Å². The van der Waals surface area contributed by atoms with Crippen LogP contribution in [0, 0.1) is 0 Å². The van der Waals surface area contributed by atoms with Crippen LogP contribution in [-0.4, -0.2) is 45.5 Å². The molecule has 2 aromatic rings. The van der Waals surface area contributed by atoms with Gasteiger partial charge in [0.1, 0.15) is 5.82 Å². The quantitative estimate of drug-likeness (QED) is 0.818. The van der Waals surface area contributed by atoms with E-state index in [-0.39, 0.29) is 0 Å². The Morgan fingerprint density at radius 1 is 1.14 bits per heavy atom. The molecule has 0 bridgehead atoms. The van der Waals surface area contributed by atoms with Crippen molar-refractivity contribution in [2.24, 2.45) is 0 Å². The third-order valence-corrected chi connectivity index (χ3v) is 5.13. The van der Waals surface area contributed by atoms with Gasteiger partial charge in [-0.3, -0.25) is 9.80 Å². The van der Waals surface area contributed by atoms with Crippen molar-refractivity contribution in [3.05, 3.63) is 40.6 Å². The van der Waals surface area contributed by atoms with Crippen molar-refractivity contribution >= 4 is 11.3 Å². The number of aromatic nitrogens is 2. The summed E-state index contributed by atoms with van der Waals surface area (Å²) in [7, 11) is 0. The van der Waals surface area contributed by atoms with Crippen molar-refractivity contribution in [1.29, 1.82) is 0 Å². The summed E-state index contributed by atoms with van der Waals surface area (Å²) in [5.41, 5.74) is 0. The Labute approximate surface area is 137 Å². The maximum Gasteiger partial charge on any atom is 0.122 e. The second-order valence-electron chi connectivity index (χ2n) is 6.02. The van der Waals surface area contributed by atoms with Crippen molar-refractivity contribution in [3.63, 3.8) is 0 Å². The SMILES string of the molecule is CCCn1ccnc1CN1CCCN(Cc2cccs2)CC1. The van der Waals surface area contributed by atoms with Crippen LogP contribution in [0.5, 0.6) is 0 Å². The normalized spacial score (nSPS) is 17.7. The minimum Gasteiger partial charge on any atom is -0.334 e. The highest BCUT2D eigenvalue weighted by atomic mass is 32.1. The van der Waals surface area contributed by atoms with Crippen LogP contribution in [0.25, 0.3) is 0 Å². The summed E-state index contributed by atoms with van der Waals surface area (Å²) in [6.07, 6.45) is 6.46. The summed E-state index contributed by atoms with van der Waals surface area (Å²) in [4.78, 5) is 11.2.